The molecule has 8 nitrogen and oxygen atoms in total. The van der Waals surface area contributed by atoms with Gasteiger partial charge in [-0.15, -0.1) is 0 Å². The number of aromatic nitrogens is 1. The van der Waals surface area contributed by atoms with Crippen molar-refractivity contribution in [2.45, 2.75) is 18.9 Å². The van der Waals surface area contributed by atoms with E-state index in [1.807, 2.05) is 0 Å². The number of carboxylic acid groups (broad SMARTS) is 1. The molecule has 0 aliphatic carbocycles. The highest BCUT2D eigenvalue weighted by Gasteiger charge is 2.22. The lowest BCUT2D eigenvalue weighted by molar-refractivity contribution is -0.384. The molecule has 1 saturated heterocycles. The number of nitrogens with zero attached hydrogens (tertiary/aromatic N) is 2. The van der Waals surface area contributed by atoms with Gasteiger partial charge >= 0.3 is 11.7 Å². The normalized spacial score (nSPS) is 16.0. The SMILES string of the molecule is O=C(O)c1cnc(NC2CCNCC2)c([N+](=O)[O-])c1. The Bertz CT molecular complexity index is 499. The number of hydrogen-bond acceptors (Lipinski definition) is 6. The first-order chi connectivity index (χ1) is 9.08. The van der Waals surface area contributed by atoms with E-state index in [1.54, 1.807) is 0 Å². The molecule has 0 amide bonds. The maximum absolute atomic E-state index is 11.0. The Kier molecular flexibility index (Phi) is 3.91. The standard InChI is InChI=1S/C11H14N4O4/c16-11(17)7-5-9(15(18)19)10(13-6-7)14-8-1-3-12-4-2-8/h5-6,8,12H,1-4H2,(H,13,14)(H,16,17). The minimum Gasteiger partial charge on any atom is -0.478 e. The fourth-order valence-corrected chi connectivity index (χ4v) is 1.98. The smallest absolute Gasteiger partial charge is 0.337 e. The lowest BCUT2D eigenvalue weighted by atomic mass is 10.1. The van der Waals surface area contributed by atoms with Crippen molar-refractivity contribution in [1.29, 1.82) is 0 Å². The molecule has 1 aliphatic heterocycles. The number of nitrogens with one attached hydrogen (secondary N) is 2. The zero-order chi connectivity index (χ0) is 13.8. The van der Waals surface area contributed by atoms with Gasteiger partial charge in [-0.1, -0.05) is 0 Å². The number of aromatic carboxylic acids is 1. The summed E-state index contributed by atoms with van der Waals surface area (Å²) in [6.07, 6.45) is 2.82. The molecule has 0 saturated carbocycles. The zero-order valence-electron chi connectivity index (χ0n) is 10.1. The fraction of sp³-hybridized carbons (Fsp3) is 0.455. The minimum atomic E-state index is -1.23. The van der Waals surface area contributed by atoms with Gasteiger partial charge in [0.25, 0.3) is 0 Å². The highest BCUT2D eigenvalue weighted by Crippen LogP contribution is 2.24. The zero-order valence-corrected chi connectivity index (χ0v) is 10.1. The molecule has 2 rings (SSSR count). The molecule has 2 heterocycles. The van der Waals surface area contributed by atoms with Crippen molar-refractivity contribution in [2.75, 3.05) is 18.4 Å². The van der Waals surface area contributed by atoms with Gasteiger partial charge in [0.2, 0.25) is 5.82 Å². The summed E-state index contributed by atoms with van der Waals surface area (Å²) in [6, 6.07) is 1.14. The van der Waals surface area contributed by atoms with E-state index < -0.39 is 10.9 Å². The Balaban J connectivity index is 2.23. The molecule has 0 unspecified atom stereocenters. The predicted molar refractivity (Wildman–Crippen MR) is 67.4 cm³/mol. The summed E-state index contributed by atoms with van der Waals surface area (Å²) in [5.74, 6) is -1.11. The van der Waals surface area contributed by atoms with Crippen molar-refractivity contribution in [2.24, 2.45) is 0 Å². The third kappa shape index (κ3) is 3.16. The van der Waals surface area contributed by atoms with Crippen molar-refractivity contribution < 1.29 is 14.8 Å². The van der Waals surface area contributed by atoms with Gasteiger partial charge < -0.3 is 15.7 Å². The summed E-state index contributed by atoms with van der Waals surface area (Å²) in [6.45, 7) is 1.69. The van der Waals surface area contributed by atoms with Crippen LogP contribution in [0.2, 0.25) is 0 Å². The lowest BCUT2D eigenvalue weighted by Crippen LogP contribution is -2.35. The first kappa shape index (κ1) is 13.2. The molecule has 0 bridgehead atoms. The molecular formula is C11H14N4O4. The van der Waals surface area contributed by atoms with Crippen molar-refractivity contribution in [3.05, 3.63) is 27.9 Å². The average Bonchev–Trinajstić information content (AvgIpc) is 2.39. The van der Waals surface area contributed by atoms with Crippen molar-refractivity contribution in [3.8, 4) is 0 Å². The van der Waals surface area contributed by atoms with Gasteiger partial charge in [-0.2, -0.15) is 0 Å². The van der Waals surface area contributed by atoms with E-state index in [4.69, 9.17) is 5.11 Å². The van der Waals surface area contributed by atoms with Gasteiger partial charge in [-0.05, 0) is 25.9 Å². The molecule has 1 aromatic heterocycles. The van der Waals surface area contributed by atoms with Crippen molar-refractivity contribution in [3.63, 3.8) is 0 Å². The van der Waals surface area contributed by atoms with E-state index >= 15 is 0 Å². The fourth-order valence-electron chi connectivity index (χ4n) is 1.98. The van der Waals surface area contributed by atoms with Crippen LogP contribution in [0.3, 0.4) is 0 Å². The van der Waals surface area contributed by atoms with Crippen LogP contribution in [0.15, 0.2) is 12.3 Å². The summed E-state index contributed by atoms with van der Waals surface area (Å²) in [5, 5.41) is 26.0. The second kappa shape index (κ2) is 5.61. The molecule has 19 heavy (non-hydrogen) atoms. The Hall–Kier alpha value is -2.22. The maximum atomic E-state index is 11.0. The number of pyridine rings is 1. The second-order valence-corrected chi connectivity index (χ2v) is 4.32. The Morgan fingerprint density at radius 3 is 2.79 bits per heavy atom. The van der Waals surface area contributed by atoms with E-state index in [0.29, 0.717) is 0 Å². The van der Waals surface area contributed by atoms with Crippen LogP contribution in [-0.4, -0.2) is 40.1 Å². The summed E-state index contributed by atoms with van der Waals surface area (Å²) < 4.78 is 0. The molecule has 3 N–H and O–H groups in total. The monoisotopic (exact) mass is 266 g/mol. The number of nitro groups is 1. The molecular weight excluding hydrogens is 252 g/mol. The van der Waals surface area contributed by atoms with Crippen molar-refractivity contribution >= 4 is 17.5 Å². The van der Waals surface area contributed by atoms with Crippen LogP contribution >= 0.6 is 0 Å². The molecule has 0 spiro atoms. The van der Waals surface area contributed by atoms with Crippen LogP contribution in [0.1, 0.15) is 23.2 Å². The van der Waals surface area contributed by atoms with E-state index in [2.05, 4.69) is 15.6 Å². The number of piperidine rings is 1. The number of hydrogen-bond donors (Lipinski definition) is 3. The van der Waals surface area contributed by atoms with Crippen molar-refractivity contribution in [1.82, 2.24) is 10.3 Å². The van der Waals surface area contributed by atoms with E-state index in [0.717, 1.165) is 38.2 Å². The van der Waals surface area contributed by atoms with Gasteiger partial charge in [0.05, 0.1) is 10.5 Å². The number of rotatable bonds is 4. The van der Waals surface area contributed by atoms with E-state index in [-0.39, 0.29) is 23.1 Å². The van der Waals surface area contributed by atoms with Gasteiger partial charge in [0.15, 0.2) is 0 Å². The molecule has 1 aromatic rings. The molecule has 8 heteroatoms. The molecule has 102 valence electrons. The van der Waals surface area contributed by atoms with Crippen LogP contribution in [0.4, 0.5) is 11.5 Å². The summed E-state index contributed by atoms with van der Waals surface area (Å²) in [5.41, 5.74) is -0.499. The summed E-state index contributed by atoms with van der Waals surface area (Å²) in [7, 11) is 0. The third-order valence-corrected chi connectivity index (χ3v) is 2.99. The topological polar surface area (TPSA) is 117 Å². The van der Waals surface area contributed by atoms with Gasteiger partial charge in [-0.3, -0.25) is 10.1 Å². The Labute approximate surface area is 109 Å². The van der Waals surface area contributed by atoms with Gasteiger partial charge in [-0.25, -0.2) is 9.78 Å². The first-order valence-electron chi connectivity index (χ1n) is 5.93. The van der Waals surface area contributed by atoms with Gasteiger partial charge in [0, 0.05) is 18.3 Å². The summed E-state index contributed by atoms with van der Waals surface area (Å²) in [4.78, 5) is 25.0. The van der Waals surface area contributed by atoms with E-state index in [9.17, 15) is 14.9 Å². The maximum Gasteiger partial charge on any atom is 0.337 e. The Morgan fingerprint density at radius 1 is 1.53 bits per heavy atom. The number of anilines is 1. The van der Waals surface area contributed by atoms with Crippen LogP contribution in [0, 0.1) is 10.1 Å². The van der Waals surface area contributed by atoms with Gasteiger partial charge in [0.1, 0.15) is 0 Å². The van der Waals surface area contributed by atoms with E-state index in [1.165, 1.54) is 0 Å². The third-order valence-electron chi connectivity index (χ3n) is 2.99. The minimum absolute atomic E-state index is 0.114. The van der Waals surface area contributed by atoms with Crippen LogP contribution in [-0.2, 0) is 0 Å². The first-order valence-corrected chi connectivity index (χ1v) is 5.93. The second-order valence-electron chi connectivity index (χ2n) is 4.32. The number of carboxylic acids is 1. The van der Waals surface area contributed by atoms with Crippen LogP contribution < -0.4 is 10.6 Å². The lowest BCUT2D eigenvalue weighted by Gasteiger charge is -2.23. The largest absolute Gasteiger partial charge is 0.478 e. The van der Waals surface area contributed by atoms with Crippen LogP contribution in [0.25, 0.3) is 0 Å². The van der Waals surface area contributed by atoms with Crippen LogP contribution in [0.5, 0.6) is 0 Å². The highest BCUT2D eigenvalue weighted by molar-refractivity contribution is 5.88. The Morgan fingerprint density at radius 2 is 2.21 bits per heavy atom. The molecule has 0 aromatic carbocycles. The summed E-state index contributed by atoms with van der Waals surface area (Å²) >= 11 is 0. The predicted octanol–water partition coefficient (Wildman–Crippen LogP) is 0.852. The number of carbonyl (C=O) groups is 1. The molecule has 1 fully saturated rings. The average molecular weight is 266 g/mol. The molecule has 0 atom stereocenters. The quantitative estimate of drug-likeness (QED) is 0.546. The highest BCUT2D eigenvalue weighted by atomic mass is 16.6. The molecule has 1 aliphatic rings. The molecule has 0 radical (unpaired) electrons.